The SMILES string of the molecule is O=C(O)CCN1C(=O)/C(=C/c2nc3ccccc3n2Cc2ccccc2F)SC1=S. The summed E-state index contributed by atoms with van der Waals surface area (Å²) in [5.74, 6) is -1.17. The number of imidazole rings is 1. The number of thioether (sulfide) groups is 1. The van der Waals surface area contributed by atoms with Gasteiger partial charge in [0.2, 0.25) is 0 Å². The fraction of sp³-hybridized carbons (Fsp3) is 0.143. The number of para-hydroxylation sites is 2. The molecule has 0 radical (unpaired) electrons. The second-order valence-electron chi connectivity index (χ2n) is 6.61. The van der Waals surface area contributed by atoms with Gasteiger partial charge in [-0.05, 0) is 18.2 Å². The van der Waals surface area contributed by atoms with Gasteiger partial charge in [0.05, 0.1) is 28.9 Å². The maximum Gasteiger partial charge on any atom is 0.305 e. The maximum absolute atomic E-state index is 14.3. The molecule has 1 aliphatic heterocycles. The first kappa shape index (κ1) is 20.2. The van der Waals surface area contributed by atoms with E-state index >= 15 is 0 Å². The van der Waals surface area contributed by atoms with Crippen molar-refractivity contribution < 1.29 is 19.1 Å². The van der Waals surface area contributed by atoms with E-state index in [2.05, 4.69) is 4.98 Å². The second kappa shape index (κ2) is 8.37. The van der Waals surface area contributed by atoms with Crippen LogP contribution in [-0.2, 0) is 16.1 Å². The van der Waals surface area contributed by atoms with Gasteiger partial charge in [-0.2, -0.15) is 0 Å². The summed E-state index contributed by atoms with van der Waals surface area (Å²) in [6, 6.07) is 14.0. The van der Waals surface area contributed by atoms with Gasteiger partial charge in [-0.3, -0.25) is 14.5 Å². The first-order valence-corrected chi connectivity index (χ1v) is 10.3. The highest BCUT2D eigenvalue weighted by Gasteiger charge is 2.32. The van der Waals surface area contributed by atoms with Gasteiger partial charge in [-0.15, -0.1) is 0 Å². The molecule has 0 bridgehead atoms. The number of fused-ring (bicyclic) bond motifs is 1. The van der Waals surface area contributed by atoms with E-state index in [1.54, 1.807) is 24.3 Å². The Morgan fingerprint density at radius 1 is 1.20 bits per heavy atom. The predicted octanol–water partition coefficient (Wildman–Crippen LogP) is 3.90. The standard InChI is InChI=1S/C21H16FN3O3S2/c22-14-6-2-1-5-13(14)12-25-16-8-4-3-7-15(16)23-18(25)11-17-20(28)24(21(29)30-17)10-9-19(26)27/h1-8,11H,9-10,12H2,(H,26,27)/b17-11-. The number of aromatic nitrogens is 2. The van der Waals surface area contributed by atoms with Crippen molar-refractivity contribution in [2.75, 3.05) is 6.54 Å². The van der Waals surface area contributed by atoms with Crippen molar-refractivity contribution in [1.29, 1.82) is 0 Å². The van der Waals surface area contributed by atoms with Crippen molar-refractivity contribution in [3.8, 4) is 0 Å². The Labute approximate surface area is 181 Å². The number of carbonyl (C=O) groups is 2. The highest BCUT2D eigenvalue weighted by Crippen LogP contribution is 2.33. The Morgan fingerprint density at radius 3 is 2.70 bits per heavy atom. The third-order valence-electron chi connectivity index (χ3n) is 4.65. The lowest BCUT2D eigenvalue weighted by Gasteiger charge is -2.12. The summed E-state index contributed by atoms with van der Waals surface area (Å²) in [5.41, 5.74) is 2.04. The van der Waals surface area contributed by atoms with Crippen LogP contribution in [0.15, 0.2) is 53.4 Å². The number of aliphatic carboxylic acids is 1. The molecule has 3 aromatic rings. The molecule has 2 aromatic carbocycles. The Kier molecular flexibility index (Phi) is 5.65. The fourth-order valence-electron chi connectivity index (χ4n) is 3.18. The lowest BCUT2D eigenvalue weighted by molar-refractivity contribution is -0.137. The molecule has 1 saturated heterocycles. The highest BCUT2D eigenvalue weighted by molar-refractivity contribution is 8.26. The van der Waals surface area contributed by atoms with E-state index in [1.165, 1.54) is 11.0 Å². The van der Waals surface area contributed by atoms with Gasteiger partial charge in [0.25, 0.3) is 5.91 Å². The van der Waals surface area contributed by atoms with E-state index in [0.29, 0.717) is 20.6 Å². The smallest absolute Gasteiger partial charge is 0.305 e. The molecule has 152 valence electrons. The van der Waals surface area contributed by atoms with Crippen molar-refractivity contribution in [3.63, 3.8) is 0 Å². The molecular formula is C21H16FN3O3S2. The number of amides is 1. The monoisotopic (exact) mass is 441 g/mol. The van der Waals surface area contributed by atoms with Crippen LogP contribution in [0.4, 0.5) is 4.39 Å². The fourth-order valence-corrected chi connectivity index (χ4v) is 4.46. The van der Waals surface area contributed by atoms with E-state index < -0.39 is 5.97 Å². The minimum Gasteiger partial charge on any atom is -0.481 e. The number of hydrogen-bond acceptors (Lipinski definition) is 5. The topological polar surface area (TPSA) is 75.4 Å². The highest BCUT2D eigenvalue weighted by atomic mass is 32.2. The normalized spacial score (nSPS) is 15.5. The summed E-state index contributed by atoms with van der Waals surface area (Å²) in [7, 11) is 0. The molecule has 0 unspecified atom stereocenters. The summed E-state index contributed by atoms with van der Waals surface area (Å²) in [6.07, 6.45) is 1.44. The average molecular weight is 442 g/mol. The zero-order valence-corrected chi connectivity index (χ0v) is 17.3. The van der Waals surface area contributed by atoms with E-state index in [1.807, 2.05) is 28.8 Å². The molecule has 30 heavy (non-hydrogen) atoms. The molecule has 1 amide bonds. The van der Waals surface area contributed by atoms with Crippen molar-refractivity contribution in [1.82, 2.24) is 14.5 Å². The van der Waals surface area contributed by atoms with Crippen molar-refractivity contribution in [2.24, 2.45) is 0 Å². The third-order valence-corrected chi connectivity index (χ3v) is 6.03. The number of halogens is 1. The number of carboxylic acids is 1. The van der Waals surface area contributed by atoms with Crippen LogP contribution >= 0.6 is 24.0 Å². The summed E-state index contributed by atoms with van der Waals surface area (Å²) >= 11 is 6.34. The molecule has 2 heterocycles. The van der Waals surface area contributed by atoms with Crippen LogP contribution < -0.4 is 0 Å². The molecule has 1 N–H and O–H groups in total. The van der Waals surface area contributed by atoms with Gasteiger partial charge < -0.3 is 9.67 Å². The van der Waals surface area contributed by atoms with Crippen molar-refractivity contribution >= 4 is 57.3 Å². The zero-order chi connectivity index (χ0) is 21.3. The van der Waals surface area contributed by atoms with Crippen LogP contribution in [0.5, 0.6) is 0 Å². The third kappa shape index (κ3) is 3.99. The molecule has 4 rings (SSSR count). The van der Waals surface area contributed by atoms with Gasteiger partial charge in [0.1, 0.15) is 16.0 Å². The van der Waals surface area contributed by atoms with Crippen LogP contribution in [0.1, 0.15) is 17.8 Å². The molecule has 9 heteroatoms. The number of rotatable bonds is 6. The van der Waals surface area contributed by atoms with Crippen LogP contribution in [0.2, 0.25) is 0 Å². The summed E-state index contributed by atoms with van der Waals surface area (Å²) in [6.45, 7) is 0.265. The quantitative estimate of drug-likeness (QED) is 0.462. The van der Waals surface area contributed by atoms with Crippen LogP contribution in [0, 0.1) is 5.82 Å². The molecule has 1 aromatic heterocycles. The van der Waals surface area contributed by atoms with E-state index in [0.717, 1.165) is 22.8 Å². The number of carboxylic acid groups (broad SMARTS) is 1. The molecule has 0 aliphatic carbocycles. The van der Waals surface area contributed by atoms with Gasteiger partial charge in [-0.1, -0.05) is 54.3 Å². The summed E-state index contributed by atoms with van der Waals surface area (Å²) < 4.78 is 16.4. The minimum absolute atomic E-state index is 0.0168. The number of thiocarbonyl (C=S) groups is 1. The van der Waals surface area contributed by atoms with E-state index in [-0.39, 0.29) is 31.2 Å². The number of benzene rings is 2. The Balaban J connectivity index is 1.72. The zero-order valence-electron chi connectivity index (χ0n) is 15.6. The largest absolute Gasteiger partial charge is 0.481 e. The molecule has 0 atom stereocenters. The molecule has 1 aliphatic rings. The van der Waals surface area contributed by atoms with Gasteiger partial charge >= 0.3 is 5.97 Å². The summed E-state index contributed by atoms with van der Waals surface area (Å²) in [5, 5.41) is 8.88. The molecule has 0 spiro atoms. The van der Waals surface area contributed by atoms with E-state index in [4.69, 9.17) is 17.3 Å². The number of carbonyl (C=O) groups excluding carboxylic acids is 1. The molecule has 1 fully saturated rings. The molecule has 0 saturated carbocycles. The van der Waals surface area contributed by atoms with Crippen molar-refractivity contribution in [2.45, 2.75) is 13.0 Å². The van der Waals surface area contributed by atoms with Crippen LogP contribution in [0.25, 0.3) is 17.1 Å². The van der Waals surface area contributed by atoms with Crippen LogP contribution in [-0.4, -0.2) is 42.3 Å². The van der Waals surface area contributed by atoms with Gasteiger partial charge in [0.15, 0.2) is 0 Å². The van der Waals surface area contributed by atoms with Crippen molar-refractivity contribution in [3.05, 3.63) is 70.6 Å². The summed E-state index contributed by atoms with van der Waals surface area (Å²) in [4.78, 5) is 29.8. The molecular weight excluding hydrogens is 425 g/mol. The lowest BCUT2D eigenvalue weighted by Crippen LogP contribution is -2.30. The van der Waals surface area contributed by atoms with Crippen LogP contribution in [0.3, 0.4) is 0 Å². The first-order valence-electron chi connectivity index (χ1n) is 9.10. The minimum atomic E-state index is -1.00. The molecule has 6 nitrogen and oxygen atoms in total. The Morgan fingerprint density at radius 2 is 1.93 bits per heavy atom. The lowest BCUT2D eigenvalue weighted by atomic mass is 10.2. The van der Waals surface area contributed by atoms with Gasteiger partial charge in [-0.25, -0.2) is 9.37 Å². The van der Waals surface area contributed by atoms with E-state index in [9.17, 15) is 14.0 Å². The predicted molar refractivity (Wildman–Crippen MR) is 117 cm³/mol. The second-order valence-corrected chi connectivity index (χ2v) is 8.29. The Bertz CT molecular complexity index is 1210. The number of nitrogens with zero attached hydrogens (tertiary/aromatic N) is 3. The number of hydrogen-bond donors (Lipinski definition) is 1. The first-order chi connectivity index (χ1) is 14.4. The Hall–Kier alpha value is -3.04. The average Bonchev–Trinajstić information content (AvgIpc) is 3.19. The maximum atomic E-state index is 14.3. The van der Waals surface area contributed by atoms with Gasteiger partial charge in [0, 0.05) is 18.2 Å².